The summed E-state index contributed by atoms with van der Waals surface area (Å²) in [4.78, 5) is 4.45. The summed E-state index contributed by atoms with van der Waals surface area (Å²) in [7, 11) is -3.40. The number of nitrogens with two attached hydrogens (primary N) is 1. The summed E-state index contributed by atoms with van der Waals surface area (Å²) in [5, 5.41) is 15.7. The average molecular weight is 546 g/mol. The molecule has 2 aromatic carbocycles. The standard InChI is InChI=1S/C25H26F3N7O2S/c1-16(32-20-4-6-21(7-5-20)38(36,37)22-8-10-30-11-9-22)31-15-17(14-29)2-3-18-12-19(25(26,27)28)13-23-24(18)34-35-33-23/h2-7,12-15,22,30,32H,1,8-11,29H2,(H,33,34,35)/b3-2+,17-14-,31-15-. The van der Waals surface area contributed by atoms with Gasteiger partial charge in [0.2, 0.25) is 0 Å². The predicted octanol–water partition coefficient (Wildman–Crippen LogP) is 4.01. The SMILES string of the molecule is C=C(\N=C/C(=C\N)/C=C/c1cc(C(F)(F)F)cc2n[nH]nc12)Nc1ccc(S(=O)(=O)C2CCNCC2)cc1. The fourth-order valence-electron chi connectivity index (χ4n) is 3.97. The van der Waals surface area contributed by atoms with E-state index >= 15 is 0 Å². The minimum Gasteiger partial charge on any atom is -0.404 e. The van der Waals surface area contributed by atoms with Gasteiger partial charge in [-0.3, -0.25) is 0 Å². The number of nitrogens with zero attached hydrogens (tertiary/aromatic N) is 3. The summed E-state index contributed by atoms with van der Waals surface area (Å²) in [6.45, 7) is 5.18. The van der Waals surface area contributed by atoms with Crippen molar-refractivity contribution in [2.75, 3.05) is 18.4 Å². The normalized spacial score (nSPS) is 16.0. The van der Waals surface area contributed by atoms with Crippen LogP contribution in [0.1, 0.15) is 24.0 Å². The Kier molecular flexibility index (Phi) is 7.97. The Morgan fingerprint density at radius 3 is 2.53 bits per heavy atom. The molecule has 0 amide bonds. The van der Waals surface area contributed by atoms with Crippen molar-refractivity contribution in [2.45, 2.75) is 29.2 Å². The van der Waals surface area contributed by atoms with Crippen LogP contribution >= 0.6 is 0 Å². The first-order chi connectivity index (χ1) is 18.1. The summed E-state index contributed by atoms with van der Waals surface area (Å²) in [6, 6.07) is 8.25. The molecule has 3 aromatic rings. The lowest BCUT2D eigenvalue weighted by molar-refractivity contribution is -0.137. The number of anilines is 1. The van der Waals surface area contributed by atoms with Gasteiger partial charge in [0.1, 0.15) is 16.9 Å². The van der Waals surface area contributed by atoms with Gasteiger partial charge in [-0.15, -0.1) is 0 Å². The van der Waals surface area contributed by atoms with Crippen molar-refractivity contribution in [3.05, 3.63) is 77.8 Å². The van der Waals surface area contributed by atoms with Gasteiger partial charge in [-0.2, -0.15) is 28.6 Å². The van der Waals surface area contributed by atoms with Crippen LogP contribution in [0.15, 0.2) is 76.5 Å². The number of hydrogen-bond donors (Lipinski definition) is 4. The molecule has 1 aliphatic heterocycles. The molecule has 200 valence electrons. The summed E-state index contributed by atoms with van der Waals surface area (Å²) in [5.74, 6) is 0.240. The lowest BCUT2D eigenvalue weighted by Crippen LogP contribution is -2.35. The first-order valence-corrected chi connectivity index (χ1v) is 13.2. The summed E-state index contributed by atoms with van der Waals surface area (Å²) in [5.41, 5.74) is 6.35. The Morgan fingerprint density at radius 2 is 1.87 bits per heavy atom. The zero-order chi connectivity index (χ0) is 27.3. The first-order valence-electron chi connectivity index (χ1n) is 11.6. The second-order valence-corrected chi connectivity index (χ2v) is 10.8. The van der Waals surface area contributed by atoms with Gasteiger partial charge in [0.15, 0.2) is 9.84 Å². The highest BCUT2D eigenvalue weighted by Gasteiger charge is 2.32. The number of allylic oxidation sites excluding steroid dienone is 2. The van der Waals surface area contributed by atoms with Crippen molar-refractivity contribution in [1.82, 2.24) is 20.7 Å². The number of aromatic amines is 1. The van der Waals surface area contributed by atoms with Gasteiger partial charge in [-0.1, -0.05) is 18.7 Å². The molecule has 9 nitrogen and oxygen atoms in total. The Morgan fingerprint density at radius 1 is 1.16 bits per heavy atom. The molecule has 0 unspecified atom stereocenters. The van der Waals surface area contributed by atoms with Gasteiger partial charge in [-0.25, -0.2) is 13.4 Å². The van der Waals surface area contributed by atoms with E-state index in [0.29, 0.717) is 37.2 Å². The van der Waals surface area contributed by atoms with Gasteiger partial charge < -0.3 is 16.4 Å². The number of nitrogens with one attached hydrogen (secondary N) is 3. The first kappa shape index (κ1) is 27.1. The molecule has 1 fully saturated rings. The number of aliphatic imine (C=N–C) groups is 1. The Balaban J connectivity index is 1.42. The number of H-pyrrole nitrogens is 1. The molecule has 13 heteroatoms. The van der Waals surface area contributed by atoms with Crippen LogP contribution in [0.3, 0.4) is 0 Å². The zero-order valence-electron chi connectivity index (χ0n) is 20.2. The molecule has 0 spiro atoms. The fraction of sp³-hybridized carbons (Fsp3) is 0.240. The van der Waals surface area contributed by atoms with Gasteiger partial charge in [0.05, 0.1) is 15.7 Å². The van der Waals surface area contributed by atoms with Gasteiger partial charge in [-0.05, 0) is 62.3 Å². The van der Waals surface area contributed by atoms with Crippen molar-refractivity contribution in [3.63, 3.8) is 0 Å². The van der Waals surface area contributed by atoms with E-state index in [1.807, 2.05) is 0 Å². The Hall–Kier alpha value is -3.97. The number of halogens is 3. The van der Waals surface area contributed by atoms with Crippen LogP contribution in [0.4, 0.5) is 18.9 Å². The number of fused-ring (bicyclic) bond motifs is 1. The van der Waals surface area contributed by atoms with Crippen LogP contribution in [0.5, 0.6) is 0 Å². The van der Waals surface area contributed by atoms with Gasteiger partial charge in [0, 0.05) is 29.2 Å². The van der Waals surface area contributed by atoms with E-state index in [1.54, 1.807) is 24.3 Å². The molecule has 4 rings (SSSR count). The predicted molar refractivity (Wildman–Crippen MR) is 141 cm³/mol. The molecule has 0 radical (unpaired) electrons. The monoisotopic (exact) mass is 545 g/mol. The lowest BCUT2D eigenvalue weighted by atomic mass is 10.1. The Labute approximate surface area is 217 Å². The van der Waals surface area contributed by atoms with Crippen LogP contribution in [0.25, 0.3) is 17.1 Å². The van der Waals surface area contributed by atoms with E-state index in [4.69, 9.17) is 5.73 Å². The van der Waals surface area contributed by atoms with Crippen molar-refractivity contribution >= 4 is 38.8 Å². The number of piperidine rings is 1. The summed E-state index contributed by atoms with van der Waals surface area (Å²) < 4.78 is 65.4. The third-order valence-electron chi connectivity index (χ3n) is 5.99. The number of sulfone groups is 1. The van der Waals surface area contributed by atoms with E-state index < -0.39 is 26.8 Å². The lowest BCUT2D eigenvalue weighted by Gasteiger charge is -2.22. The largest absolute Gasteiger partial charge is 0.416 e. The number of alkyl halides is 3. The molecule has 0 aliphatic carbocycles. The fourth-order valence-corrected chi connectivity index (χ4v) is 5.73. The van der Waals surface area contributed by atoms with Crippen LogP contribution in [-0.4, -0.2) is 48.4 Å². The van der Waals surface area contributed by atoms with Crippen molar-refractivity contribution in [3.8, 4) is 0 Å². The van der Waals surface area contributed by atoms with Gasteiger partial charge >= 0.3 is 6.18 Å². The second-order valence-electron chi connectivity index (χ2n) is 8.60. The number of aromatic nitrogens is 3. The molecule has 1 aliphatic rings. The molecule has 0 atom stereocenters. The van der Waals surface area contributed by atoms with E-state index in [-0.39, 0.29) is 27.3 Å². The second kappa shape index (κ2) is 11.2. The molecule has 5 N–H and O–H groups in total. The maximum Gasteiger partial charge on any atom is 0.416 e. The molecule has 1 aromatic heterocycles. The highest BCUT2D eigenvalue weighted by Crippen LogP contribution is 2.32. The van der Waals surface area contributed by atoms with Crippen LogP contribution < -0.4 is 16.4 Å². The number of hydrogen-bond acceptors (Lipinski definition) is 8. The molecule has 0 saturated carbocycles. The van der Waals surface area contributed by atoms with Crippen molar-refractivity contribution in [1.29, 1.82) is 0 Å². The van der Waals surface area contributed by atoms with Crippen molar-refractivity contribution in [2.24, 2.45) is 10.7 Å². The van der Waals surface area contributed by atoms with Crippen LogP contribution in [0, 0.1) is 0 Å². The maximum atomic E-state index is 13.2. The summed E-state index contributed by atoms with van der Waals surface area (Å²) >= 11 is 0. The van der Waals surface area contributed by atoms with E-state index in [1.165, 1.54) is 24.6 Å². The molecular formula is C25H26F3N7O2S. The quantitative estimate of drug-likeness (QED) is 0.248. The van der Waals surface area contributed by atoms with E-state index in [2.05, 4.69) is 37.6 Å². The van der Waals surface area contributed by atoms with Crippen molar-refractivity contribution < 1.29 is 21.6 Å². The topological polar surface area (TPSA) is 138 Å². The van der Waals surface area contributed by atoms with Crippen LogP contribution in [0.2, 0.25) is 0 Å². The average Bonchev–Trinajstić information content (AvgIpc) is 3.38. The molecule has 2 heterocycles. The third-order valence-corrected chi connectivity index (χ3v) is 8.27. The minimum atomic E-state index is -4.54. The summed E-state index contributed by atoms with van der Waals surface area (Å²) in [6.07, 6.45) is 2.16. The van der Waals surface area contributed by atoms with E-state index in [9.17, 15) is 21.6 Å². The van der Waals surface area contributed by atoms with Crippen LogP contribution in [-0.2, 0) is 16.0 Å². The highest BCUT2D eigenvalue weighted by molar-refractivity contribution is 7.92. The zero-order valence-corrected chi connectivity index (χ0v) is 21.0. The maximum absolute atomic E-state index is 13.2. The minimum absolute atomic E-state index is 0.0820. The highest BCUT2D eigenvalue weighted by atomic mass is 32.2. The smallest absolute Gasteiger partial charge is 0.404 e. The molecule has 38 heavy (non-hydrogen) atoms. The Bertz CT molecular complexity index is 1500. The third kappa shape index (κ3) is 6.29. The number of benzene rings is 2. The van der Waals surface area contributed by atoms with Gasteiger partial charge in [0.25, 0.3) is 0 Å². The van der Waals surface area contributed by atoms with E-state index in [0.717, 1.165) is 12.1 Å². The number of rotatable bonds is 8. The molecule has 1 saturated heterocycles. The molecule has 0 bridgehead atoms. The molecular weight excluding hydrogens is 519 g/mol.